The van der Waals surface area contributed by atoms with Crippen LogP contribution < -0.4 is 9.80 Å². The zero-order valence-electron chi connectivity index (χ0n) is 14.9. The van der Waals surface area contributed by atoms with E-state index >= 15 is 0 Å². The van der Waals surface area contributed by atoms with Crippen molar-refractivity contribution >= 4 is 74.9 Å². The molecular weight excluding hydrogens is 419 g/mol. The van der Waals surface area contributed by atoms with Gasteiger partial charge in [0, 0.05) is 28.8 Å². The van der Waals surface area contributed by atoms with E-state index in [1.165, 1.54) is 11.8 Å². The Morgan fingerprint density at radius 2 is 1.78 bits per heavy atom. The number of rotatable bonds is 5. The second kappa shape index (κ2) is 8.65. The number of amides is 1. The molecule has 0 aliphatic carbocycles. The van der Waals surface area contributed by atoms with Crippen molar-refractivity contribution in [3.8, 4) is 0 Å². The summed E-state index contributed by atoms with van der Waals surface area (Å²) in [6.45, 7) is 6.10. The van der Waals surface area contributed by atoms with Gasteiger partial charge in [-0.3, -0.25) is 9.69 Å². The molecule has 2 aromatic rings. The third-order valence-corrected chi connectivity index (χ3v) is 6.14. The Bertz CT molecular complexity index is 909. The molecule has 0 radical (unpaired) electrons. The predicted molar refractivity (Wildman–Crippen MR) is 122 cm³/mol. The van der Waals surface area contributed by atoms with Crippen molar-refractivity contribution in [3.63, 3.8) is 0 Å². The zero-order valence-corrected chi connectivity index (χ0v) is 18.1. The van der Waals surface area contributed by atoms with Gasteiger partial charge in [-0.15, -0.1) is 0 Å². The number of nitrogens with zero attached hydrogens (tertiary/aromatic N) is 2. The molecule has 1 fully saturated rings. The fraction of sp³-hybridized carbons (Fsp3) is 0.200. The standard InChI is InChI=1S/C20H18Cl2N2OS2/c1-3-23(4-2)15-7-9-16(10-8-15)24-19(25)18(27-20(24)26)11-13-5-6-14(21)12-17(13)22/h5-12H,3-4H2,1-2H3/b18-11-. The van der Waals surface area contributed by atoms with Crippen molar-refractivity contribution in [2.24, 2.45) is 0 Å². The minimum Gasteiger partial charge on any atom is -0.372 e. The highest BCUT2D eigenvalue weighted by Gasteiger charge is 2.33. The summed E-state index contributed by atoms with van der Waals surface area (Å²) >= 11 is 18.9. The van der Waals surface area contributed by atoms with Crippen LogP contribution in [-0.4, -0.2) is 23.3 Å². The molecule has 1 amide bonds. The first-order chi connectivity index (χ1) is 12.9. The highest BCUT2D eigenvalue weighted by molar-refractivity contribution is 8.27. The Balaban J connectivity index is 1.87. The number of thiocarbonyl (C=S) groups is 1. The van der Waals surface area contributed by atoms with Gasteiger partial charge in [0.05, 0.1) is 10.6 Å². The molecule has 3 nitrogen and oxygen atoms in total. The molecule has 1 aliphatic heterocycles. The minimum atomic E-state index is -0.147. The number of thioether (sulfide) groups is 1. The molecule has 0 unspecified atom stereocenters. The summed E-state index contributed by atoms with van der Waals surface area (Å²) < 4.78 is 0.506. The summed E-state index contributed by atoms with van der Waals surface area (Å²) in [5.74, 6) is -0.147. The lowest BCUT2D eigenvalue weighted by atomic mass is 10.2. The van der Waals surface area contributed by atoms with Crippen LogP contribution in [0.25, 0.3) is 6.08 Å². The fourth-order valence-electron chi connectivity index (χ4n) is 2.85. The lowest BCUT2D eigenvalue weighted by Crippen LogP contribution is -2.27. The Labute approximate surface area is 178 Å². The van der Waals surface area contributed by atoms with E-state index in [9.17, 15) is 4.79 Å². The molecule has 0 atom stereocenters. The van der Waals surface area contributed by atoms with E-state index in [4.69, 9.17) is 35.4 Å². The molecule has 1 heterocycles. The van der Waals surface area contributed by atoms with Crippen LogP contribution in [0.3, 0.4) is 0 Å². The van der Waals surface area contributed by atoms with Gasteiger partial charge >= 0.3 is 0 Å². The summed E-state index contributed by atoms with van der Waals surface area (Å²) in [4.78, 5) is 17.2. The van der Waals surface area contributed by atoms with E-state index in [-0.39, 0.29) is 5.91 Å². The maximum absolute atomic E-state index is 12.9. The summed E-state index contributed by atoms with van der Waals surface area (Å²) in [6.07, 6.45) is 1.75. The van der Waals surface area contributed by atoms with E-state index in [2.05, 4.69) is 18.7 Å². The Kier molecular flexibility index (Phi) is 6.48. The van der Waals surface area contributed by atoms with Gasteiger partial charge in [-0.2, -0.15) is 0 Å². The third-order valence-electron chi connectivity index (χ3n) is 4.28. The number of halogens is 2. The maximum Gasteiger partial charge on any atom is 0.270 e. The minimum absolute atomic E-state index is 0.147. The van der Waals surface area contributed by atoms with Gasteiger partial charge in [0.25, 0.3) is 5.91 Å². The SMILES string of the molecule is CCN(CC)c1ccc(N2C(=O)/C(=C/c3ccc(Cl)cc3Cl)SC2=S)cc1. The van der Waals surface area contributed by atoms with Gasteiger partial charge in [-0.05, 0) is 61.9 Å². The van der Waals surface area contributed by atoms with Crippen LogP contribution in [0, 0.1) is 0 Å². The van der Waals surface area contributed by atoms with Crippen LogP contribution in [0.15, 0.2) is 47.4 Å². The van der Waals surface area contributed by atoms with Crippen molar-refractivity contribution in [1.29, 1.82) is 0 Å². The second-order valence-electron chi connectivity index (χ2n) is 5.87. The third kappa shape index (κ3) is 4.32. The van der Waals surface area contributed by atoms with Gasteiger partial charge < -0.3 is 4.90 Å². The van der Waals surface area contributed by atoms with E-state index < -0.39 is 0 Å². The highest BCUT2D eigenvalue weighted by Crippen LogP contribution is 2.37. The molecule has 0 saturated carbocycles. The first-order valence-corrected chi connectivity index (χ1v) is 10.5. The fourth-order valence-corrected chi connectivity index (χ4v) is 4.60. The number of hydrogen-bond donors (Lipinski definition) is 0. The normalized spacial score (nSPS) is 15.7. The summed E-state index contributed by atoms with van der Waals surface area (Å²) in [5, 5.41) is 1.05. The molecule has 0 N–H and O–H groups in total. The molecule has 1 saturated heterocycles. The van der Waals surface area contributed by atoms with Crippen LogP contribution in [0.5, 0.6) is 0 Å². The average molecular weight is 437 g/mol. The van der Waals surface area contributed by atoms with Crippen LogP contribution in [0.1, 0.15) is 19.4 Å². The van der Waals surface area contributed by atoms with Crippen LogP contribution >= 0.6 is 47.2 Å². The highest BCUT2D eigenvalue weighted by atomic mass is 35.5. The van der Waals surface area contributed by atoms with Gasteiger partial charge in [-0.1, -0.05) is 53.2 Å². The zero-order chi connectivity index (χ0) is 19.6. The van der Waals surface area contributed by atoms with Crippen molar-refractivity contribution in [2.75, 3.05) is 22.9 Å². The average Bonchev–Trinajstić information content (AvgIpc) is 2.93. The van der Waals surface area contributed by atoms with Gasteiger partial charge in [0.15, 0.2) is 4.32 Å². The van der Waals surface area contributed by atoms with Crippen molar-refractivity contribution in [1.82, 2.24) is 0 Å². The molecule has 140 valence electrons. The molecule has 27 heavy (non-hydrogen) atoms. The van der Waals surface area contributed by atoms with Crippen molar-refractivity contribution in [2.45, 2.75) is 13.8 Å². The van der Waals surface area contributed by atoms with E-state index in [1.54, 1.807) is 29.2 Å². The van der Waals surface area contributed by atoms with Gasteiger partial charge in [0.2, 0.25) is 0 Å². The van der Waals surface area contributed by atoms with Crippen molar-refractivity contribution in [3.05, 3.63) is 63.0 Å². The summed E-state index contributed by atoms with van der Waals surface area (Å²) in [6, 6.07) is 13.1. The Morgan fingerprint density at radius 1 is 1.11 bits per heavy atom. The van der Waals surface area contributed by atoms with E-state index in [1.807, 2.05) is 24.3 Å². The number of hydrogen-bond acceptors (Lipinski definition) is 4. The summed E-state index contributed by atoms with van der Waals surface area (Å²) in [5.41, 5.74) is 2.62. The van der Waals surface area contributed by atoms with Crippen LogP contribution in [0.2, 0.25) is 10.0 Å². The molecule has 3 rings (SSSR count). The molecule has 1 aliphatic rings. The molecule has 2 aromatic carbocycles. The van der Waals surface area contributed by atoms with E-state index in [0.29, 0.717) is 19.3 Å². The quantitative estimate of drug-likeness (QED) is 0.408. The first-order valence-electron chi connectivity index (χ1n) is 8.52. The molecule has 0 spiro atoms. The van der Waals surface area contributed by atoms with Gasteiger partial charge in [0.1, 0.15) is 0 Å². The summed E-state index contributed by atoms with van der Waals surface area (Å²) in [7, 11) is 0. The second-order valence-corrected chi connectivity index (χ2v) is 8.39. The van der Waals surface area contributed by atoms with E-state index in [0.717, 1.165) is 30.0 Å². The Hall–Kier alpha value is -1.53. The van der Waals surface area contributed by atoms with Crippen LogP contribution in [-0.2, 0) is 4.79 Å². The molecule has 0 aromatic heterocycles. The number of anilines is 2. The van der Waals surface area contributed by atoms with Crippen molar-refractivity contribution < 1.29 is 4.79 Å². The smallest absolute Gasteiger partial charge is 0.270 e. The number of benzene rings is 2. The predicted octanol–water partition coefficient (Wildman–Crippen LogP) is 6.25. The molecule has 7 heteroatoms. The molecular formula is C20H18Cl2N2OS2. The first kappa shape index (κ1) is 20.2. The number of carbonyl (C=O) groups is 1. The van der Waals surface area contributed by atoms with Crippen LogP contribution in [0.4, 0.5) is 11.4 Å². The largest absolute Gasteiger partial charge is 0.372 e. The molecule has 0 bridgehead atoms. The maximum atomic E-state index is 12.9. The lowest BCUT2D eigenvalue weighted by molar-refractivity contribution is -0.113. The topological polar surface area (TPSA) is 23.6 Å². The lowest BCUT2D eigenvalue weighted by Gasteiger charge is -2.22. The number of carbonyl (C=O) groups excluding carboxylic acids is 1. The Morgan fingerprint density at radius 3 is 2.37 bits per heavy atom. The monoisotopic (exact) mass is 436 g/mol. The van der Waals surface area contributed by atoms with Gasteiger partial charge in [-0.25, -0.2) is 0 Å².